The first kappa shape index (κ1) is 17.7. The molecule has 0 aliphatic carbocycles. The number of pyridine rings is 1. The molecule has 1 amide bonds. The van der Waals surface area contributed by atoms with Gasteiger partial charge in [0, 0.05) is 40.6 Å². The molecule has 0 bridgehead atoms. The third-order valence-electron chi connectivity index (χ3n) is 4.63. The first-order valence-corrected chi connectivity index (χ1v) is 9.02. The quantitative estimate of drug-likeness (QED) is 0.679. The summed E-state index contributed by atoms with van der Waals surface area (Å²) in [6, 6.07) is 18.1. The maximum Gasteiger partial charge on any atom is 0.247 e. The van der Waals surface area contributed by atoms with E-state index in [1.54, 1.807) is 0 Å². The molecule has 138 valence electrons. The van der Waals surface area contributed by atoms with E-state index in [2.05, 4.69) is 51.0 Å². The van der Waals surface area contributed by atoms with Gasteiger partial charge in [-0.2, -0.15) is 0 Å². The van der Waals surface area contributed by atoms with Crippen LogP contribution in [0.5, 0.6) is 0 Å². The highest BCUT2D eigenvalue weighted by Gasteiger charge is 2.17. The minimum atomic E-state index is -0.231. The van der Waals surface area contributed by atoms with Crippen LogP contribution in [0.25, 0.3) is 11.1 Å². The highest BCUT2D eigenvalue weighted by atomic mass is 16.1. The molecule has 1 N–H and O–H groups in total. The Hall–Kier alpha value is -3.73. The monoisotopic (exact) mass is 368 g/mol. The normalized spacial score (nSPS) is 12.4. The lowest BCUT2D eigenvalue weighted by Gasteiger charge is -2.28. The van der Waals surface area contributed by atoms with Crippen LogP contribution in [-0.4, -0.2) is 23.8 Å². The maximum atomic E-state index is 11.6. The summed E-state index contributed by atoms with van der Waals surface area (Å²) in [5.41, 5.74) is 6.99. The van der Waals surface area contributed by atoms with Crippen LogP contribution in [0, 0.1) is 6.92 Å². The summed E-state index contributed by atoms with van der Waals surface area (Å²) in [4.78, 5) is 22.6. The third kappa shape index (κ3) is 3.55. The van der Waals surface area contributed by atoms with E-state index in [9.17, 15) is 4.79 Å². The van der Waals surface area contributed by atoms with Crippen molar-refractivity contribution in [2.24, 2.45) is 4.99 Å². The molecular weight excluding hydrogens is 348 g/mol. The molecule has 0 atom stereocenters. The van der Waals surface area contributed by atoms with Crippen LogP contribution in [0.2, 0.25) is 0 Å². The average Bonchev–Trinajstić information content (AvgIpc) is 2.73. The highest BCUT2D eigenvalue weighted by Crippen LogP contribution is 2.34. The summed E-state index contributed by atoms with van der Waals surface area (Å²) >= 11 is 0. The largest absolute Gasteiger partial charge is 0.322 e. The Kier molecular flexibility index (Phi) is 4.72. The van der Waals surface area contributed by atoms with Crippen molar-refractivity contribution in [1.29, 1.82) is 0 Å². The molecule has 0 unspecified atom stereocenters. The molecule has 1 aliphatic heterocycles. The van der Waals surface area contributed by atoms with Gasteiger partial charge in [0.05, 0.1) is 5.69 Å². The summed E-state index contributed by atoms with van der Waals surface area (Å²) in [6.07, 6.45) is 5.05. The van der Waals surface area contributed by atoms with E-state index in [4.69, 9.17) is 0 Å². The number of benzene rings is 2. The Morgan fingerprint density at radius 2 is 2.00 bits per heavy atom. The van der Waals surface area contributed by atoms with E-state index in [0.717, 1.165) is 39.4 Å². The number of amides is 1. The zero-order valence-corrected chi connectivity index (χ0v) is 15.6. The van der Waals surface area contributed by atoms with Crippen molar-refractivity contribution in [3.05, 3.63) is 84.7 Å². The van der Waals surface area contributed by atoms with Crippen molar-refractivity contribution in [3.8, 4) is 11.1 Å². The molecule has 3 aromatic rings. The molecule has 5 heteroatoms. The molecule has 0 radical (unpaired) electrons. The SMILES string of the molecule is C=CC(=O)Nc1cccc(N2CN=Cc3cc(-c4ccc(C)nc4)ccc32)c1. The van der Waals surface area contributed by atoms with Crippen molar-refractivity contribution in [2.75, 3.05) is 16.9 Å². The summed E-state index contributed by atoms with van der Waals surface area (Å²) < 4.78 is 0. The molecule has 1 aromatic heterocycles. The fourth-order valence-electron chi connectivity index (χ4n) is 3.18. The van der Waals surface area contributed by atoms with Crippen LogP contribution in [0.3, 0.4) is 0 Å². The molecule has 28 heavy (non-hydrogen) atoms. The molecule has 2 heterocycles. The molecule has 0 spiro atoms. The standard InChI is InChI=1S/C23H20N4O/c1-3-23(28)26-20-5-4-6-21(12-20)27-15-24-13-19-11-17(9-10-22(19)27)18-8-7-16(2)25-14-18/h3-14H,1,15H2,2H3,(H,26,28). The number of hydrogen-bond acceptors (Lipinski definition) is 4. The van der Waals surface area contributed by atoms with Crippen LogP contribution in [0.1, 0.15) is 11.3 Å². The highest BCUT2D eigenvalue weighted by molar-refractivity contribution is 5.99. The Labute approximate surface area is 164 Å². The van der Waals surface area contributed by atoms with Gasteiger partial charge in [-0.1, -0.05) is 24.8 Å². The van der Waals surface area contributed by atoms with Gasteiger partial charge in [0.25, 0.3) is 0 Å². The lowest BCUT2D eigenvalue weighted by molar-refractivity contribution is -0.111. The van der Waals surface area contributed by atoms with Gasteiger partial charge in [0.15, 0.2) is 0 Å². The van der Waals surface area contributed by atoms with Gasteiger partial charge >= 0.3 is 0 Å². The Bertz CT molecular complexity index is 1070. The number of aromatic nitrogens is 1. The minimum absolute atomic E-state index is 0.231. The van der Waals surface area contributed by atoms with E-state index in [-0.39, 0.29) is 5.91 Å². The molecule has 0 saturated carbocycles. The van der Waals surface area contributed by atoms with Crippen LogP contribution in [0.15, 0.2) is 78.4 Å². The Morgan fingerprint density at radius 3 is 2.79 bits per heavy atom. The fourth-order valence-corrected chi connectivity index (χ4v) is 3.18. The Morgan fingerprint density at radius 1 is 1.14 bits per heavy atom. The molecule has 5 nitrogen and oxygen atoms in total. The minimum Gasteiger partial charge on any atom is -0.322 e. The number of carbonyl (C=O) groups excluding carboxylic acids is 1. The first-order valence-electron chi connectivity index (χ1n) is 9.02. The molecule has 4 rings (SSSR count). The summed E-state index contributed by atoms with van der Waals surface area (Å²) in [7, 11) is 0. The fraction of sp³-hybridized carbons (Fsp3) is 0.0870. The second-order valence-electron chi connectivity index (χ2n) is 6.59. The van der Waals surface area contributed by atoms with Crippen molar-refractivity contribution < 1.29 is 4.79 Å². The first-order chi connectivity index (χ1) is 13.6. The molecule has 0 saturated heterocycles. The van der Waals surface area contributed by atoms with Gasteiger partial charge < -0.3 is 10.2 Å². The number of aryl methyl sites for hydroxylation is 1. The second-order valence-corrected chi connectivity index (χ2v) is 6.59. The number of hydrogen-bond donors (Lipinski definition) is 1. The van der Waals surface area contributed by atoms with E-state index in [0.29, 0.717) is 6.67 Å². The summed E-state index contributed by atoms with van der Waals surface area (Å²) in [6.45, 7) is 5.99. The molecule has 0 fully saturated rings. The van der Waals surface area contributed by atoms with Crippen molar-refractivity contribution >= 4 is 29.2 Å². The van der Waals surface area contributed by atoms with E-state index in [1.165, 1.54) is 6.08 Å². The van der Waals surface area contributed by atoms with Gasteiger partial charge in [-0.15, -0.1) is 0 Å². The van der Waals surface area contributed by atoms with Crippen molar-refractivity contribution in [1.82, 2.24) is 4.98 Å². The van der Waals surface area contributed by atoms with Gasteiger partial charge in [0.2, 0.25) is 5.91 Å². The molecule has 1 aliphatic rings. The number of aliphatic imine (C=N–C) groups is 1. The topological polar surface area (TPSA) is 57.6 Å². The van der Waals surface area contributed by atoms with Crippen molar-refractivity contribution in [2.45, 2.75) is 6.92 Å². The van der Waals surface area contributed by atoms with Gasteiger partial charge in [0.1, 0.15) is 6.67 Å². The number of rotatable bonds is 4. The summed E-state index contributed by atoms with van der Waals surface area (Å²) in [5.74, 6) is -0.231. The van der Waals surface area contributed by atoms with Crippen LogP contribution in [-0.2, 0) is 4.79 Å². The second kappa shape index (κ2) is 7.48. The number of fused-ring (bicyclic) bond motifs is 1. The maximum absolute atomic E-state index is 11.6. The zero-order chi connectivity index (χ0) is 19.5. The number of nitrogens with zero attached hydrogens (tertiary/aromatic N) is 3. The van der Waals surface area contributed by atoms with Gasteiger partial charge in [-0.05, 0) is 55.0 Å². The smallest absolute Gasteiger partial charge is 0.247 e. The molecule has 2 aromatic carbocycles. The predicted molar refractivity (Wildman–Crippen MR) is 114 cm³/mol. The summed E-state index contributed by atoms with van der Waals surface area (Å²) in [5, 5.41) is 2.80. The van der Waals surface area contributed by atoms with Gasteiger partial charge in [-0.25, -0.2) is 0 Å². The number of carbonyl (C=O) groups is 1. The lowest BCUT2D eigenvalue weighted by atomic mass is 10.0. The van der Waals surface area contributed by atoms with Crippen LogP contribution < -0.4 is 10.2 Å². The third-order valence-corrected chi connectivity index (χ3v) is 4.63. The van der Waals surface area contributed by atoms with Crippen LogP contribution >= 0.6 is 0 Å². The zero-order valence-electron chi connectivity index (χ0n) is 15.6. The number of nitrogens with one attached hydrogen (secondary N) is 1. The van der Waals surface area contributed by atoms with E-state index < -0.39 is 0 Å². The predicted octanol–water partition coefficient (Wildman–Crippen LogP) is 4.71. The Balaban J connectivity index is 1.67. The lowest BCUT2D eigenvalue weighted by Crippen LogP contribution is -2.22. The van der Waals surface area contributed by atoms with Crippen LogP contribution in [0.4, 0.5) is 17.1 Å². The van der Waals surface area contributed by atoms with E-state index in [1.807, 2.05) is 49.7 Å². The van der Waals surface area contributed by atoms with Gasteiger partial charge in [-0.3, -0.25) is 14.8 Å². The average molecular weight is 368 g/mol. The molecular formula is C23H20N4O. The number of anilines is 3. The van der Waals surface area contributed by atoms with Crippen molar-refractivity contribution in [3.63, 3.8) is 0 Å². The van der Waals surface area contributed by atoms with E-state index >= 15 is 0 Å².